The predicted octanol–water partition coefficient (Wildman–Crippen LogP) is 0.844. The number of hydrogen-bond acceptors (Lipinski definition) is 5. The fraction of sp³-hybridized carbons (Fsp3) is 0.429. The molecule has 1 atom stereocenters. The zero-order valence-electron chi connectivity index (χ0n) is 11.0. The SMILES string of the molecule is O=C(COC(=O)c1ccc(O)cc1)NC[C@H]1CCCO1. The number of benzene rings is 1. The zero-order valence-corrected chi connectivity index (χ0v) is 11.0. The Hall–Kier alpha value is -2.08. The van der Waals surface area contributed by atoms with Gasteiger partial charge in [-0.25, -0.2) is 4.79 Å². The molecule has 6 heteroatoms. The molecule has 1 heterocycles. The van der Waals surface area contributed by atoms with Gasteiger partial charge < -0.3 is 19.9 Å². The van der Waals surface area contributed by atoms with Crippen LogP contribution in [0.1, 0.15) is 23.2 Å². The summed E-state index contributed by atoms with van der Waals surface area (Å²) >= 11 is 0. The number of esters is 1. The number of phenols is 1. The Bertz CT molecular complexity index is 465. The Morgan fingerprint density at radius 3 is 2.75 bits per heavy atom. The van der Waals surface area contributed by atoms with Crippen molar-refractivity contribution in [3.63, 3.8) is 0 Å². The minimum Gasteiger partial charge on any atom is -0.508 e. The van der Waals surface area contributed by atoms with Crippen LogP contribution >= 0.6 is 0 Å². The van der Waals surface area contributed by atoms with Crippen LogP contribution in [0.4, 0.5) is 0 Å². The number of nitrogens with one attached hydrogen (secondary N) is 1. The van der Waals surface area contributed by atoms with Crippen LogP contribution in [-0.2, 0) is 14.3 Å². The van der Waals surface area contributed by atoms with Gasteiger partial charge in [-0.15, -0.1) is 0 Å². The average molecular weight is 279 g/mol. The molecule has 0 aliphatic carbocycles. The van der Waals surface area contributed by atoms with Gasteiger partial charge in [0.1, 0.15) is 5.75 Å². The minimum atomic E-state index is -0.600. The predicted molar refractivity (Wildman–Crippen MR) is 70.4 cm³/mol. The fourth-order valence-corrected chi connectivity index (χ4v) is 1.90. The van der Waals surface area contributed by atoms with Crippen molar-refractivity contribution in [2.45, 2.75) is 18.9 Å². The van der Waals surface area contributed by atoms with Crippen molar-refractivity contribution in [3.05, 3.63) is 29.8 Å². The van der Waals surface area contributed by atoms with Crippen molar-refractivity contribution in [3.8, 4) is 5.75 Å². The Kier molecular flexibility index (Phi) is 4.95. The highest BCUT2D eigenvalue weighted by Crippen LogP contribution is 2.11. The molecule has 2 N–H and O–H groups in total. The van der Waals surface area contributed by atoms with Gasteiger partial charge in [0, 0.05) is 13.2 Å². The molecule has 1 aromatic rings. The molecule has 0 spiro atoms. The van der Waals surface area contributed by atoms with E-state index in [9.17, 15) is 9.59 Å². The lowest BCUT2D eigenvalue weighted by molar-refractivity contribution is -0.124. The highest BCUT2D eigenvalue weighted by molar-refractivity contribution is 5.91. The Morgan fingerprint density at radius 1 is 1.35 bits per heavy atom. The summed E-state index contributed by atoms with van der Waals surface area (Å²) in [6.45, 7) is 0.846. The van der Waals surface area contributed by atoms with Crippen molar-refractivity contribution in [2.24, 2.45) is 0 Å². The van der Waals surface area contributed by atoms with E-state index in [1.165, 1.54) is 24.3 Å². The van der Waals surface area contributed by atoms with Crippen molar-refractivity contribution in [1.82, 2.24) is 5.32 Å². The van der Waals surface area contributed by atoms with Crippen molar-refractivity contribution < 1.29 is 24.2 Å². The fourth-order valence-electron chi connectivity index (χ4n) is 1.90. The number of hydrogen-bond donors (Lipinski definition) is 2. The van der Waals surface area contributed by atoms with Crippen LogP contribution in [-0.4, -0.2) is 42.8 Å². The van der Waals surface area contributed by atoms with Gasteiger partial charge in [-0.05, 0) is 37.1 Å². The molecule has 0 unspecified atom stereocenters. The third kappa shape index (κ3) is 4.24. The molecular weight excluding hydrogens is 262 g/mol. The minimum absolute atomic E-state index is 0.0618. The third-order valence-electron chi connectivity index (χ3n) is 2.99. The summed E-state index contributed by atoms with van der Waals surface area (Å²) in [5, 5.41) is 11.8. The van der Waals surface area contributed by atoms with E-state index in [1.807, 2.05) is 0 Å². The molecule has 0 saturated carbocycles. The highest BCUT2D eigenvalue weighted by Gasteiger charge is 2.16. The van der Waals surface area contributed by atoms with E-state index < -0.39 is 5.97 Å². The maximum Gasteiger partial charge on any atom is 0.338 e. The molecule has 0 aromatic heterocycles. The number of rotatable bonds is 5. The van der Waals surface area contributed by atoms with Crippen molar-refractivity contribution in [2.75, 3.05) is 19.8 Å². The van der Waals surface area contributed by atoms with Crippen LogP contribution in [0.2, 0.25) is 0 Å². The van der Waals surface area contributed by atoms with Gasteiger partial charge in [0.2, 0.25) is 0 Å². The zero-order chi connectivity index (χ0) is 14.4. The maximum atomic E-state index is 11.6. The molecule has 2 rings (SSSR count). The second kappa shape index (κ2) is 6.91. The molecule has 1 fully saturated rings. The normalized spacial score (nSPS) is 17.7. The maximum absolute atomic E-state index is 11.6. The highest BCUT2D eigenvalue weighted by atomic mass is 16.5. The lowest BCUT2D eigenvalue weighted by atomic mass is 10.2. The van der Waals surface area contributed by atoms with E-state index in [2.05, 4.69) is 5.32 Å². The molecule has 1 amide bonds. The molecule has 1 aliphatic heterocycles. The number of phenolic OH excluding ortho intramolecular Hbond substituents is 1. The first kappa shape index (κ1) is 14.3. The molecule has 1 saturated heterocycles. The van der Waals surface area contributed by atoms with Crippen LogP contribution in [0.5, 0.6) is 5.75 Å². The Labute approximate surface area is 116 Å². The topological polar surface area (TPSA) is 84.9 Å². The number of ether oxygens (including phenoxy) is 2. The summed E-state index contributed by atoms with van der Waals surface area (Å²) in [4.78, 5) is 23.1. The molecule has 0 radical (unpaired) electrons. The lowest BCUT2D eigenvalue weighted by Crippen LogP contribution is -2.34. The summed E-state index contributed by atoms with van der Waals surface area (Å²) in [7, 11) is 0. The smallest absolute Gasteiger partial charge is 0.338 e. The summed E-state index contributed by atoms with van der Waals surface area (Å²) < 4.78 is 10.2. The summed E-state index contributed by atoms with van der Waals surface area (Å²) in [6.07, 6.45) is 2.01. The number of carbonyl (C=O) groups excluding carboxylic acids is 2. The second-order valence-electron chi connectivity index (χ2n) is 4.56. The molecule has 1 aromatic carbocycles. The molecular formula is C14H17NO5. The van der Waals surface area contributed by atoms with E-state index in [4.69, 9.17) is 14.6 Å². The van der Waals surface area contributed by atoms with E-state index in [-0.39, 0.29) is 29.9 Å². The molecule has 0 bridgehead atoms. The van der Waals surface area contributed by atoms with Gasteiger partial charge in [-0.1, -0.05) is 0 Å². The lowest BCUT2D eigenvalue weighted by Gasteiger charge is -2.10. The summed E-state index contributed by atoms with van der Waals surface area (Å²) in [6, 6.07) is 5.63. The van der Waals surface area contributed by atoms with E-state index in [0.717, 1.165) is 19.4 Å². The summed E-state index contributed by atoms with van der Waals surface area (Å²) in [5.74, 6) is -0.888. The third-order valence-corrected chi connectivity index (χ3v) is 2.99. The van der Waals surface area contributed by atoms with Gasteiger partial charge in [-0.3, -0.25) is 4.79 Å². The Balaban J connectivity index is 1.69. The monoisotopic (exact) mass is 279 g/mol. The molecule has 1 aliphatic rings. The van der Waals surface area contributed by atoms with E-state index in [0.29, 0.717) is 6.54 Å². The van der Waals surface area contributed by atoms with Crippen molar-refractivity contribution >= 4 is 11.9 Å². The van der Waals surface area contributed by atoms with E-state index >= 15 is 0 Å². The standard InChI is InChI=1S/C14H17NO5/c16-11-5-3-10(4-6-11)14(18)20-9-13(17)15-8-12-2-1-7-19-12/h3-6,12,16H,1-2,7-9H2,(H,15,17)/t12-/m1/s1. The van der Waals surface area contributed by atoms with Gasteiger partial charge in [0.15, 0.2) is 6.61 Å². The van der Waals surface area contributed by atoms with Crippen LogP contribution in [0.3, 0.4) is 0 Å². The van der Waals surface area contributed by atoms with Crippen LogP contribution in [0, 0.1) is 0 Å². The van der Waals surface area contributed by atoms with Gasteiger partial charge in [0.25, 0.3) is 5.91 Å². The molecule has 6 nitrogen and oxygen atoms in total. The molecule has 108 valence electrons. The number of aromatic hydroxyl groups is 1. The first-order chi connectivity index (χ1) is 9.65. The second-order valence-corrected chi connectivity index (χ2v) is 4.56. The quantitative estimate of drug-likeness (QED) is 0.780. The number of carbonyl (C=O) groups is 2. The van der Waals surface area contributed by atoms with Gasteiger partial charge >= 0.3 is 5.97 Å². The van der Waals surface area contributed by atoms with Crippen LogP contribution in [0.25, 0.3) is 0 Å². The van der Waals surface area contributed by atoms with Gasteiger partial charge in [-0.2, -0.15) is 0 Å². The first-order valence-electron chi connectivity index (χ1n) is 6.49. The Morgan fingerprint density at radius 2 is 2.10 bits per heavy atom. The van der Waals surface area contributed by atoms with Gasteiger partial charge in [0.05, 0.1) is 11.7 Å². The molecule has 20 heavy (non-hydrogen) atoms. The first-order valence-corrected chi connectivity index (χ1v) is 6.49. The van der Waals surface area contributed by atoms with Crippen LogP contribution in [0.15, 0.2) is 24.3 Å². The van der Waals surface area contributed by atoms with Crippen LogP contribution < -0.4 is 5.32 Å². The van der Waals surface area contributed by atoms with Crippen molar-refractivity contribution in [1.29, 1.82) is 0 Å². The number of amides is 1. The largest absolute Gasteiger partial charge is 0.508 e. The summed E-state index contributed by atoms with van der Waals surface area (Å²) in [5.41, 5.74) is 0.287. The average Bonchev–Trinajstić information content (AvgIpc) is 2.96. The van der Waals surface area contributed by atoms with E-state index in [1.54, 1.807) is 0 Å².